The van der Waals surface area contributed by atoms with Crippen LogP contribution < -0.4 is 14.8 Å². The van der Waals surface area contributed by atoms with Crippen LogP contribution in [0, 0.1) is 0 Å². The highest BCUT2D eigenvalue weighted by molar-refractivity contribution is 7.86. The molecule has 4 aromatic heterocycles. The highest BCUT2D eigenvalue weighted by Gasteiger charge is 2.19. The third kappa shape index (κ3) is 4.42. The lowest BCUT2D eigenvalue weighted by Crippen LogP contribution is -2.15. The Labute approximate surface area is 199 Å². The van der Waals surface area contributed by atoms with Crippen LogP contribution in [0.3, 0.4) is 0 Å². The second kappa shape index (κ2) is 8.91. The van der Waals surface area contributed by atoms with E-state index in [1.165, 1.54) is 7.11 Å². The molecular weight excluding hydrogens is 475 g/mol. The number of hydrogen-bond donors (Lipinski definition) is 5. The summed E-state index contributed by atoms with van der Waals surface area (Å²) in [6, 6.07) is 3.26. The van der Waals surface area contributed by atoms with E-state index in [-0.39, 0.29) is 11.4 Å². The molecule has 0 radical (unpaired) electrons. The Morgan fingerprint density at radius 2 is 1.81 bits per heavy atom. The lowest BCUT2D eigenvalue weighted by Gasteiger charge is -2.13. The van der Waals surface area contributed by atoms with Crippen LogP contribution in [0.2, 0.25) is 0 Å². The fourth-order valence-electron chi connectivity index (χ4n) is 2.74. The summed E-state index contributed by atoms with van der Waals surface area (Å²) in [4.78, 5) is 26.9. The zero-order chi connectivity index (χ0) is 22.1. The molecule has 4 heterocycles. The number of imidazole rings is 1. The Morgan fingerprint density at radius 3 is 2.58 bits per heavy atom. The monoisotopic (exact) mass is 489 g/mol. The number of ether oxygens (including phenoxy) is 2. The van der Waals surface area contributed by atoms with E-state index in [0.29, 0.717) is 42.6 Å². The van der Waals surface area contributed by atoms with Crippen LogP contribution in [0.15, 0.2) is 62.8 Å². The molecule has 4 rings (SSSR count). The van der Waals surface area contributed by atoms with E-state index in [1.807, 2.05) is 0 Å². The van der Waals surface area contributed by atoms with Crippen LogP contribution >= 0.6 is 50.5 Å². The first-order chi connectivity index (χ1) is 14.9. The standard InChI is InChI=1S/C19H15N5O3S4/c1-26-9-4-10(7-20-6-9)27-11-5-12(17-21-2-3-24(17)8-11)18(25)22-16-14(29)13(28)15(30)19(31)23-16/h2-8,29-30H,1H3,(H3,22,23,25,28,31). The average Bonchev–Trinajstić information content (AvgIpc) is 3.24. The molecular formula is C19H15N5O3S4. The fourth-order valence-corrected chi connectivity index (χ4v) is 3.72. The fraction of sp³-hybridized carbons (Fsp3) is 0.0526. The molecule has 0 unspecified atom stereocenters. The van der Waals surface area contributed by atoms with Crippen LogP contribution in [0.5, 0.6) is 17.2 Å². The van der Waals surface area contributed by atoms with E-state index in [1.54, 1.807) is 47.5 Å². The van der Waals surface area contributed by atoms with Crippen molar-refractivity contribution in [3.63, 3.8) is 0 Å². The predicted molar refractivity (Wildman–Crippen MR) is 127 cm³/mol. The summed E-state index contributed by atoms with van der Waals surface area (Å²) >= 11 is 17.3. The molecule has 0 aliphatic carbocycles. The highest BCUT2D eigenvalue weighted by atomic mass is 32.1. The molecule has 0 aromatic carbocycles. The zero-order valence-corrected chi connectivity index (χ0v) is 19.4. The Morgan fingerprint density at radius 1 is 1.03 bits per heavy atom. The first kappa shape index (κ1) is 21.7. The topological polar surface area (TPSA) is 90.6 Å². The van der Waals surface area contributed by atoms with Gasteiger partial charge in [-0.05, 0) is 6.07 Å². The number of carbonyl (C=O) groups excluding carboxylic acids is 1. The number of rotatable bonds is 5. The van der Waals surface area contributed by atoms with Gasteiger partial charge in [0.05, 0.1) is 41.1 Å². The first-order valence-electron chi connectivity index (χ1n) is 8.66. The minimum absolute atomic E-state index is 0.203. The molecule has 0 aliphatic rings. The predicted octanol–water partition coefficient (Wildman–Crippen LogP) is 4.33. The van der Waals surface area contributed by atoms with E-state index in [0.717, 1.165) is 0 Å². The quantitative estimate of drug-likeness (QED) is 0.268. The van der Waals surface area contributed by atoms with Crippen LogP contribution in [-0.2, 0) is 0 Å². The van der Waals surface area contributed by atoms with Gasteiger partial charge in [-0.25, -0.2) is 9.97 Å². The first-order valence-corrected chi connectivity index (χ1v) is 10.4. The Balaban J connectivity index is 1.70. The summed E-state index contributed by atoms with van der Waals surface area (Å²) in [6.45, 7) is 0. The van der Waals surface area contributed by atoms with Crippen molar-refractivity contribution >= 4 is 67.9 Å². The molecule has 4 aromatic rings. The van der Waals surface area contributed by atoms with E-state index in [2.05, 4.69) is 70.8 Å². The lowest BCUT2D eigenvalue weighted by molar-refractivity contribution is 0.102. The maximum Gasteiger partial charge on any atom is 0.260 e. The van der Waals surface area contributed by atoms with Crippen molar-refractivity contribution in [2.45, 2.75) is 19.7 Å². The summed E-state index contributed by atoms with van der Waals surface area (Å²) in [5.41, 5.74) is 0.710. The number of thiol groups is 4. The number of carbonyl (C=O) groups is 1. The van der Waals surface area contributed by atoms with Crippen molar-refractivity contribution in [3.05, 3.63) is 48.7 Å². The van der Waals surface area contributed by atoms with Gasteiger partial charge in [-0.1, -0.05) is 0 Å². The van der Waals surface area contributed by atoms with Gasteiger partial charge in [0, 0.05) is 23.4 Å². The molecule has 8 nitrogen and oxygen atoms in total. The van der Waals surface area contributed by atoms with Gasteiger partial charge in [-0.3, -0.25) is 9.78 Å². The molecule has 31 heavy (non-hydrogen) atoms. The van der Waals surface area contributed by atoms with Gasteiger partial charge in [0.25, 0.3) is 5.91 Å². The zero-order valence-electron chi connectivity index (χ0n) is 15.8. The van der Waals surface area contributed by atoms with Crippen molar-refractivity contribution in [1.29, 1.82) is 0 Å². The van der Waals surface area contributed by atoms with E-state index < -0.39 is 5.91 Å². The van der Waals surface area contributed by atoms with Gasteiger partial charge < -0.3 is 19.2 Å². The van der Waals surface area contributed by atoms with Crippen LogP contribution in [0.1, 0.15) is 10.4 Å². The van der Waals surface area contributed by atoms with E-state index >= 15 is 0 Å². The molecule has 0 spiro atoms. The summed E-state index contributed by atoms with van der Waals surface area (Å²) in [6.07, 6.45) is 8.10. The number of anilines is 1. The third-order valence-corrected chi connectivity index (χ3v) is 6.37. The second-order valence-corrected chi connectivity index (χ2v) is 7.96. The number of fused-ring (bicyclic) bond motifs is 1. The molecule has 0 saturated carbocycles. The largest absolute Gasteiger partial charge is 0.495 e. The summed E-state index contributed by atoms with van der Waals surface area (Å²) in [7, 11) is 1.54. The molecule has 12 heteroatoms. The van der Waals surface area contributed by atoms with Gasteiger partial charge in [-0.15, -0.1) is 50.5 Å². The third-order valence-electron chi connectivity index (χ3n) is 4.20. The van der Waals surface area contributed by atoms with Gasteiger partial charge in [-0.2, -0.15) is 0 Å². The number of nitrogens with zero attached hydrogens (tertiary/aromatic N) is 4. The average molecular weight is 490 g/mol. The second-order valence-electron chi connectivity index (χ2n) is 6.19. The van der Waals surface area contributed by atoms with Gasteiger partial charge >= 0.3 is 0 Å². The molecule has 1 amide bonds. The number of methoxy groups -OCH3 is 1. The van der Waals surface area contributed by atoms with Crippen molar-refractivity contribution in [2.24, 2.45) is 0 Å². The molecule has 0 saturated heterocycles. The highest BCUT2D eigenvalue weighted by Crippen LogP contribution is 2.34. The molecule has 0 atom stereocenters. The number of amides is 1. The van der Waals surface area contributed by atoms with Gasteiger partial charge in [0.1, 0.15) is 33.7 Å². The normalized spacial score (nSPS) is 10.9. The molecule has 1 N–H and O–H groups in total. The van der Waals surface area contributed by atoms with Crippen LogP contribution in [0.4, 0.5) is 5.82 Å². The van der Waals surface area contributed by atoms with Crippen LogP contribution in [-0.4, -0.2) is 32.4 Å². The van der Waals surface area contributed by atoms with Crippen molar-refractivity contribution in [3.8, 4) is 17.2 Å². The number of nitrogens with one attached hydrogen (secondary N) is 1. The van der Waals surface area contributed by atoms with E-state index in [4.69, 9.17) is 9.47 Å². The maximum absolute atomic E-state index is 13.1. The molecule has 0 aliphatic heterocycles. The maximum atomic E-state index is 13.1. The number of aromatic nitrogens is 4. The Kier molecular flexibility index (Phi) is 6.23. The lowest BCUT2D eigenvalue weighted by atomic mass is 10.2. The van der Waals surface area contributed by atoms with Crippen molar-refractivity contribution < 1.29 is 14.3 Å². The summed E-state index contributed by atoms with van der Waals surface area (Å²) < 4.78 is 12.7. The van der Waals surface area contributed by atoms with Crippen molar-refractivity contribution in [1.82, 2.24) is 19.4 Å². The minimum atomic E-state index is -0.458. The van der Waals surface area contributed by atoms with Gasteiger partial charge in [0.15, 0.2) is 0 Å². The smallest absolute Gasteiger partial charge is 0.260 e. The SMILES string of the molecule is COc1cncc(Oc2cc(C(=O)Nc3nc(S)c(S)c(S)c3S)c3nccn3c2)c1. The van der Waals surface area contributed by atoms with E-state index in [9.17, 15) is 4.79 Å². The van der Waals surface area contributed by atoms with Crippen LogP contribution in [0.25, 0.3) is 5.65 Å². The number of pyridine rings is 3. The van der Waals surface area contributed by atoms with Crippen molar-refractivity contribution in [2.75, 3.05) is 12.4 Å². The Bertz CT molecular complexity index is 1310. The summed E-state index contributed by atoms with van der Waals surface area (Å²) in [5, 5.41) is 3.04. The molecule has 0 bridgehead atoms. The Hall–Kier alpha value is -2.54. The molecule has 158 valence electrons. The number of hydrogen-bond acceptors (Lipinski definition) is 10. The minimum Gasteiger partial charge on any atom is -0.495 e. The molecule has 0 fully saturated rings. The summed E-state index contributed by atoms with van der Waals surface area (Å²) in [5.74, 6) is 1.15. The van der Waals surface area contributed by atoms with Gasteiger partial charge in [0.2, 0.25) is 0 Å².